The molecule has 1 aliphatic rings. The molecule has 1 aromatic rings. The fourth-order valence-electron chi connectivity index (χ4n) is 2.42. The third kappa shape index (κ3) is 3.15. The molecule has 1 atom stereocenters. The third-order valence-electron chi connectivity index (χ3n) is 3.33. The van der Waals surface area contributed by atoms with Gasteiger partial charge < -0.3 is 14.6 Å². The van der Waals surface area contributed by atoms with E-state index in [4.69, 9.17) is 4.42 Å². The molecule has 1 N–H and O–H groups in total. The maximum atomic E-state index is 12.3. The predicted molar refractivity (Wildman–Crippen MR) is 70.7 cm³/mol. The molecule has 20 heavy (non-hydrogen) atoms. The molecule has 1 unspecified atom stereocenters. The molecule has 0 aromatic carbocycles. The van der Waals surface area contributed by atoms with E-state index in [2.05, 4.69) is 15.5 Å². The van der Waals surface area contributed by atoms with Crippen LogP contribution >= 0.6 is 0 Å². The van der Waals surface area contributed by atoms with E-state index in [1.807, 2.05) is 13.8 Å². The van der Waals surface area contributed by atoms with Crippen LogP contribution in [0.5, 0.6) is 0 Å². The fraction of sp³-hybridized carbons (Fsp3) is 0.692. The molecule has 0 bridgehead atoms. The van der Waals surface area contributed by atoms with Crippen LogP contribution in [-0.4, -0.2) is 46.0 Å². The van der Waals surface area contributed by atoms with Gasteiger partial charge in [0.25, 0.3) is 0 Å². The van der Waals surface area contributed by atoms with E-state index in [9.17, 15) is 9.59 Å². The second-order valence-corrected chi connectivity index (χ2v) is 5.28. The Hall–Kier alpha value is -1.92. The van der Waals surface area contributed by atoms with E-state index in [0.717, 1.165) is 0 Å². The molecule has 0 spiro atoms. The molecule has 0 radical (unpaired) electrons. The fourth-order valence-corrected chi connectivity index (χ4v) is 2.42. The molecule has 1 aromatic heterocycles. The molecule has 1 aliphatic heterocycles. The number of nitrogens with zero attached hydrogens (tertiary/aromatic N) is 3. The number of hydrogen-bond acceptors (Lipinski definition) is 5. The van der Waals surface area contributed by atoms with E-state index in [0.29, 0.717) is 31.3 Å². The Balaban J connectivity index is 1.97. The first kappa shape index (κ1) is 14.5. The summed E-state index contributed by atoms with van der Waals surface area (Å²) in [6, 6.07) is -0.388. The van der Waals surface area contributed by atoms with Gasteiger partial charge in [0, 0.05) is 32.9 Å². The summed E-state index contributed by atoms with van der Waals surface area (Å²) in [7, 11) is 0. The number of amides is 2. The Labute approximate surface area is 117 Å². The maximum absolute atomic E-state index is 12.3. The van der Waals surface area contributed by atoms with Crippen LogP contribution in [0.15, 0.2) is 4.42 Å². The molecule has 1 saturated heterocycles. The summed E-state index contributed by atoms with van der Waals surface area (Å²) in [6.07, 6.45) is 0.681. The number of nitrogens with one attached hydrogen (secondary N) is 1. The normalized spacial score (nSPS) is 19.3. The van der Waals surface area contributed by atoms with E-state index >= 15 is 0 Å². The summed E-state index contributed by atoms with van der Waals surface area (Å²) in [5, 5.41) is 10.4. The van der Waals surface area contributed by atoms with Gasteiger partial charge in [0.1, 0.15) is 6.04 Å². The van der Waals surface area contributed by atoms with Gasteiger partial charge in [-0.2, -0.15) is 0 Å². The predicted octanol–water partition coefficient (Wildman–Crippen LogP) is 0.294. The molecule has 2 amide bonds. The van der Waals surface area contributed by atoms with E-state index in [-0.39, 0.29) is 30.2 Å². The highest BCUT2D eigenvalue weighted by molar-refractivity contribution is 5.89. The molecule has 1 fully saturated rings. The van der Waals surface area contributed by atoms with Crippen LogP contribution in [0.1, 0.15) is 32.0 Å². The number of carbonyl (C=O) groups is 2. The quantitative estimate of drug-likeness (QED) is 0.856. The van der Waals surface area contributed by atoms with Crippen molar-refractivity contribution in [1.29, 1.82) is 0 Å². The summed E-state index contributed by atoms with van der Waals surface area (Å²) in [4.78, 5) is 25.8. The van der Waals surface area contributed by atoms with Crippen LogP contribution in [0.2, 0.25) is 0 Å². The lowest BCUT2D eigenvalue weighted by Gasteiger charge is -2.37. The molecule has 7 nitrogen and oxygen atoms in total. The molecule has 0 aliphatic carbocycles. The smallest absolute Gasteiger partial charge is 0.243 e. The molecule has 0 saturated carbocycles. The van der Waals surface area contributed by atoms with E-state index in [1.54, 1.807) is 11.8 Å². The summed E-state index contributed by atoms with van der Waals surface area (Å²) < 4.78 is 5.24. The van der Waals surface area contributed by atoms with Gasteiger partial charge in [0.15, 0.2) is 0 Å². The average Bonchev–Trinajstić information content (AvgIpc) is 2.81. The van der Waals surface area contributed by atoms with Gasteiger partial charge in [-0.05, 0) is 5.92 Å². The van der Waals surface area contributed by atoms with Crippen molar-refractivity contribution in [2.75, 3.05) is 13.1 Å². The highest BCUT2D eigenvalue weighted by Crippen LogP contribution is 2.16. The lowest BCUT2D eigenvalue weighted by atomic mass is 9.99. The van der Waals surface area contributed by atoms with Crippen LogP contribution in [0.3, 0.4) is 0 Å². The van der Waals surface area contributed by atoms with Crippen molar-refractivity contribution in [3.63, 3.8) is 0 Å². The SMILES string of the molecule is Cc1nnc(CCC(=O)N2CCNC(=O)C2C(C)C)o1. The molecule has 110 valence electrons. The minimum atomic E-state index is -0.388. The summed E-state index contributed by atoms with van der Waals surface area (Å²) in [6.45, 7) is 6.65. The zero-order chi connectivity index (χ0) is 14.7. The van der Waals surface area contributed by atoms with Gasteiger partial charge in [-0.1, -0.05) is 13.8 Å². The third-order valence-corrected chi connectivity index (χ3v) is 3.33. The minimum Gasteiger partial charge on any atom is -0.426 e. The van der Waals surface area contributed by atoms with Gasteiger partial charge in [0.2, 0.25) is 23.6 Å². The second kappa shape index (κ2) is 6.02. The standard InChI is InChI=1S/C13H20N4O3/c1-8(2)12-13(19)14-6-7-17(12)11(18)5-4-10-16-15-9(3)20-10/h8,12H,4-7H2,1-3H3,(H,14,19). The Kier molecular flexibility index (Phi) is 4.36. The number of piperazine rings is 1. The van der Waals surface area contributed by atoms with Crippen molar-refractivity contribution in [3.05, 3.63) is 11.8 Å². The Bertz CT molecular complexity index is 498. The topological polar surface area (TPSA) is 88.3 Å². The summed E-state index contributed by atoms with van der Waals surface area (Å²) in [5.41, 5.74) is 0. The first-order chi connectivity index (χ1) is 9.49. The number of aryl methyl sites for hydroxylation is 2. The zero-order valence-corrected chi connectivity index (χ0v) is 12.0. The molecule has 7 heteroatoms. The minimum absolute atomic E-state index is 0.0468. The first-order valence-corrected chi connectivity index (χ1v) is 6.85. The number of hydrogen-bond donors (Lipinski definition) is 1. The van der Waals surface area contributed by atoms with Crippen molar-refractivity contribution >= 4 is 11.8 Å². The van der Waals surface area contributed by atoms with Gasteiger partial charge >= 0.3 is 0 Å². The Morgan fingerprint density at radius 1 is 1.50 bits per heavy atom. The average molecular weight is 280 g/mol. The van der Waals surface area contributed by atoms with Gasteiger partial charge in [0.05, 0.1) is 0 Å². The highest BCUT2D eigenvalue weighted by atomic mass is 16.4. The number of carbonyl (C=O) groups excluding carboxylic acids is 2. The van der Waals surface area contributed by atoms with E-state index < -0.39 is 0 Å². The van der Waals surface area contributed by atoms with Crippen LogP contribution in [0, 0.1) is 12.8 Å². The van der Waals surface area contributed by atoms with Crippen LogP contribution in [0.25, 0.3) is 0 Å². The largest absolute Gasteiger partial charge is 0.426 e. The van der Waals surface area contributed by atoms with E-state index in [1.165, 1.54) is 0 Å². The molecule has 2 rings (SSSR count). The molecular formula is C13H20N4O3. The monoisotopic (exact) mass is 280 g/mol. The van der Waals surface area contributed by atoms with Crippen LogP contribution in [0.4, 0.5) is 0 Å². The summed E-state index contributed by atoms with van der Waals surface area (Å²) in [5.74, 6) is 0.913. The van der Waals surface area contributed by atoms with Crippen molar-refractivity contribution in [3.8, 4) is 0 Å². The summed E-state index contributed by atoms with van der Waals surface area (Å²) >= 11 is 0. The number of aromatic nitrogens is 2. The lowest BCUT2D eigenvalue weighted by Crippen LogP contribution is -2.59. The number of rotatable bonds is 4. The molecular weight excluding hydrogens is 260 g/mol. The van der Waals surface area contributed by atoms with Gasteiger partial charge in [-0.3, -0.25) is 9.59 Å². The first-order valence-electron chi connectivity index (χ1n) is 6.85. The Morgan fingerprint density at radius 2 is 2.25 bits per heavy atom. The van der Waals surface area contributed by atoms with Crippen LogP contribution < -0.4 is 5.32 Å². The lowest BCUT2D eigenvalue weighted by molar-refractivity contribution is -0.145. The van der Waals surface area contributed by atoms with Crippen molar-refractivity contribution < 1.29 is 14.0 Å². The highest BCUT2D eigenvalue weighted by Gasteiger charge is 2.34. The van der Waals surface area contributed by atoms with Crippen molar-refractivity contribution in [2.45, 2.75) is 39.7 Å². The van der Waals surface area contributed by atoms with Crippen molar-refractivity contribution in [2.24, 2.45) is 5.92 Å². The van der Waals surface area contributed by atoms with Crippen LogP contribution in [-0.2, 0) is 16.0 Å². The molecule has 2 heterocycles. The maximum Gasteiger partial charge on any atom is 0.243 e. The Morgan fingerprint density at radius 3 is 2.85 bits per heavy atom. The zero-order valence-electron chi connectivity index (χ0n) is 12.0. The second-order valence-electron chi connectivity index (χ2n) is 5.28. The van der Waals surface area contributed by atoms with Gasteiger partial charge in [-0.15, -0.1) is 10.2 Å². The van der Waals surface area contributed by atoms with Crippen molar-refractivity contribution in [1.82, 2.24) is 20.4 Å². The van der Waals surface area contributed by atoms with Gasteiger partial charge in [-0.25, -0.2) is 0 Å².